The van der Waals surface area contributed by atoms with Gasteiger partial charge in [0.15, 0.2) is 0 Å². The van der Waals surface area contributed by atoms with Crippen LogP contribution >= 0.6 is 0 Å². The van der Waals surface area contributed by atoms with Gasteiger partial charge < -0.3 is 15.0 Å². The lowest BCUT2D eigenvalue weighted by Crippen LogP contribution is -2.44. The zero-order chi connectivity index (χ0) is 14.7. The summed E-state index contributed by atoms with van der Waals surface area (Å²) in [5, 5.41) is 3.01. The van der Waals surface area contributed by atoms with Crippen LogP contribution in [-0.2, 0) is 16.1 Å². The van der Waals surface area contributed by atoms with E-state index in [1.807, 2.05) is 30.3 Å². The fraction of sp³-hybridized carbons (Fsp3) is 0.500. The second-order valence-corrected chi connectivity index (χ2v) is 5.66. The first-order valence-corrected chi connectivity index (χ1v) is 7.51. The van der Waals surface area contributed by atoms with Crippen molar-refractivity contribution in [3.05, 3.63) is 35.9 Å². The van der Waals surface area contributed by atoms with Gasteiger partial charge in [0.2, 0.25) is 5.91 Å². The van der Waals surface area contributed by atoms with Crippen molar-refractivity contribution in [2.45, 2.75) is 44.4 Å². The monoisotopic (exact) mass is 288 g/mol. The third-order valence-corrected chi connectivity index (χ3v) is 4.24. The summed E-state index contributed by atoms with van der Waals surface area (Å²) in [6.07, 6.45) is 2.79. The molecule has 1 N–H and O–H groups in total. The van der Waals surface area contributed by atoms with E-state index in [1.54, 1.807) is 4.90 Å². The normalized spacial score (nSPS) is 25.0. The average molecular weight is 288 g/mol. The summed E-state index contributed by atoms with van der Waals surface area (Å²) in [6, 6.07) is 9.83. The van der Waals surface area contributed by atoms with E-state index in [2.05, 4.69) is 5.32 Å². The second-order valence-electron chi connectivity index (χ2n) is 5.66. The third-order valence-electron chi connectivity index (χ3n) is 4.24. The molecule has 2 saturated heterocycles. The molecule has 2 heterocycles. The number of hydrogen-bond donors (Lipinski definition) is 1. The van der Waals surface area contributed by atoms with Crippen LogP contribution in [0.25, 0.3) is 0 Å². The van der Waals surface area contributed by atoms with E-state index in [1.165, 1.54) is 0 Å². The van der Waals surface area contributed by atoms with Gasteiger partial charge in [-0.1, -0.05) is 30.3 Å². The van der Waals surface area contributed by atoms with Crippen molar-refractivity contribution < 1.29 is 14.3 Å². The molecule has 0 aromatic heterocycles. The summed E-state index contributed by atoms with van der Waals surface area (Å²) >= 11 is 0. The molecular weight excluding hydrogens is 268 g/mol. The first-order valence-electron chi connectivity index (χ1n) is 7.51. The lowest BCUT2D eigenvalue weighted by atomic mass is 10.1. The first-order chi connectivity index (χ1) is 10.2. The van der Waals surface area contributed by atoms with Crippen molar-refractivity contribution >= 4 is 12.0 Å². The highest BCUT2D eigenvalue weighted by Crippen LogP contribution is 2.26. The van der Waals surface area contributed by atoms with E-state index in [4.69, 9.17) is 4.74 Å². The molecule has 0 spiro atoms. The van der Waals surface area contributed by atoms with E-state index >= 15 is 0 Å². The van der Waals surface area contributed by atoms with Crippen LogP contribution in [0.5, 0.6) is 0 Å². The van der Waals surface area contributed by atoms with Crippen molar-refractivity contribution in [2.75, 3.05) is 6.54 Å². The molecule has 0 aliphatic carbocycles. The van der Waals surface area contributed by atoms with Crippen LogP contribution in [0.3, 0.4) is 0 Å². The molecule has 0 radical (unpaired) electrons. The Kier molecular flexibility index (Phi) is 4.08. The van der Waals surface area contributed by atoms with Crippen molar-refractivity contribution in [2.24, 2.45) is 0 Å². The lowest BCUT2D eigenvalue weighted by Gasteiger charge is -2.26. The highest BCUT2D eigenvalue weighted by molar-refractivity contribution is 5.77. The van der Waals surface area contributed by atoms with Gasteiger partial charge >= 0.3 is 6.09 Å². The predicted molar refractivity (Wildman–Crippen MR) is 77.5 cm³/mol. The van der Waals surface area contributed by atoms with Crippen LogP contribution in [0.1, 0.15) is 31.2 Å². The van der Waals surface area contributed by atoms with Crippen molar-refractivity contribution in [3.8, 4) is 0 Å². The molecule has 2 fully saturated rings. The number of ether oxygens (including phenoxy) is 1. The Balaban J connectivity index is 1.59. The smallest absolute Gasteiger partial charge is 0.410 e. The van der Waals surface area contributed by atoms with E-state index in [-0.39, 0.29) is 24.1 Å². The minimum atomic E-state index is -0.275. The average Bonchev–Trinajstić information content (AvgIpc) is 2.79. The molecule has 5 nitrogen and oxygen atoms in total. The molecule has 2 aliphatic rings. The van der Waals surface area contributed by atoms with Crippen molar-refractivity contribution in [1.29, 1.82) is 0 Å². The molecule has 2 aliphatic heterocycles. The number of benzene rings is 1. The van der Waals surface area contributed by atoms with Gasteiger partial charge in [-0.3, -0.25) is 4.79 Å². The molecule has 0 bridgehead atoms. The number of nitrogens with one attached hydrogen (secondary N) is 1. The van der Waals surface area contributed by atoms with Gasteiger partial charge in [0.05, 0.1) is 12.1 Å². The SMILES string of the molecule is O=C1CCCC2C(CCN2C(=O)OCc2ccccc2)N1. The molecule has 2 amide bonds. The topological polar surface area (TPSA) is 58.6 Å². The predicted octanol–water partition coefficient (Wildman–Crippen LogP) is 2.07. The maximum atomic E-state index is 12.3. The highest BCUT2D eigenvalue weighted by atomic mass is 16.6. The Hall–Kier alpha value is -2.04. The number of fused-ring (bicyclic) bond motifs is 1. The second kappa shape index (κ2) is 6.16. The van der Waals surface area contributed by atoms with Gasteiger partial charge in [0.25, 0.3) is 0 Å². The van der Waals surface area contributed by atoms with Gasteiger partial charge in [0, 0.05) is 13.0 Å². The Morgan fingerprint density at radius 2 is 2.10 bits per heavy atom. The zero-order valence-corrected chi connectivity index (χ0v) is 12.0. The molecule has 2 atom stereocenters. The number of carbonyl (C=O) groups is 2. The van der Waals surface area contributed by atoms with Gasteiger partial charge in [-0.25, -0.2) is 4.79 Å². The van der Waals surface area contributed by atoms with E-state index < -0.39 is 0 Å². The summed E-state index contributed by atoms with van der Waals surface area (Å²) in [5.41, 5.74) is 0.982. The lowest BCUT2D eigenvalue weighted by molar-refractivity contribution is -0.121. The van der Waals surface area contributed by atoms with Crippen LogP contribution in [0.4, 0.5) is 4.79 Å². The summed E-state index contributed by atoms with van der Waals surface area (Å²) in [5.74, 6) is 0.0991. The molecule has 2 unspecified atom stereocenters. The summed E-state index contributed by atoms with van der Waals surface area (Å²) in [6.45, 7) is 0.948. The molecule has 1 aromatic rings. The van der Waals surface area contributed by atoms with E-state index in [0.29, 0.717) is 19.6 Å². The number of likely N-dealkylation sites (tertiary alicyclic amines) is 1. The van der Waals surface area contributed by atoms with Gasteiger partial charge in [-0.2, -0.15) is 0 Å². The van der Waals surface area contributed by atoms with Crippen molar-refractivity contribution in [1.82, 2.24) is 10.2 Å². The maximum absolute atomic E-state index is 12.3. The highest BCUT2D eigenvalue weighted by Gasteiger charge is 2.39. The molecule has 0 saturated carbocycles. The van der Waals surface area contributed by atoms with Crippen LogP contribution < -0.4 is 5.32 Å². The Labute approximate surface area is 124 Å². The largest absolute Gasteiger partial charge is 0.445 e. The molecule has 3 rings (SSSR count). The minimum Gasteiger partial charge on any atom is -0.445 e. The van der Waals surface area contributed by atoms with Gasteiger partial charge in [0.1, 0.15) is 6.61 Å². The number of rotatable bonds is 2. The number of amides is 2. The van der Waals surface area contributed by atoms with E-state index in [9.17, 15) is 9.59 Å². The van der Waals surface area contributed by atoms with Gasteiger partial charge in [-0.05, 0) is 24.8 Å². The minimum absolute atomic E-state index is 0.0831. The summed E-state index contributed by atoms with van der Waals surface area (Å²) in [7, 11) is 0. The van der Waals surface area contributed by atoms with Crippen LogP contribution in [-0.4, -0.2) is 35.5 Å². The fourth-order valence-electron chi connectivity index (χ4n) is 3.16. The Bertz CT molecular complexity index is 518. The van der Waals surface area contributed by atoms with Crippen molar-refractivity contribution in [3.63, 3.8) is 0 Å². The molecular formula is C16H20N2O3. The quantitative estimate of drug-likeness (QED) is 0.906. The van der Waals surface area contributed by atoms with Crippen LogP contribution in [0, 0.1) is 0 Å². The Morgan fingerprint density at radius 1 is 1.29 bits per heavy atom. The first kappa shape index (κ1) is 13.9. The Morgan fingerprint density at radius 3 is 2.90 bits per heavy atom. The molecule has 1 aromatic carbocycles. The number of carbonyl (C=O) groups excluding carboxylic acids is 2. The third kappa shape index (κ3) is 3.17. The summed E-state index contributed by atoms with van der Waals surface area (Å²) < 4.78 is 5.40. The summed E-state index contributed by atoms with van der Waals surface area (Å²) in [4.78, 5) is 25.6. The maximum Gasteiger partial charge on any atom is 0.410 e. The number of hydrogen-bond acceptors (Lipinski definition) is 3. The molecule has 5 heteroatoms. The zero-order valence-electron chi connectivity index (χ0n) is 12.0. The van der Waals surface area contributed by atoms with Crippen LogP contribution in [0.15, 0.2) is 30.3 Å². The standard InChI is InChI=1S/C16H20N2O3/c19-15-8-4-7-14-13(17-15)9-10-18(14)16(20)21-11-12-5-2-1-3-6-12/h1-3,5-6,13-14H,4,7-11H2,(H,17,19). The molecule has 112 valence electrons. The van der Waals surface area contributed by atoms with E-state index in [0.717, 1.165) is 24.8 Å². The number of nitrogens with zero attached hydrogens (tertiary/aromatic N) is 1. The van der Waals surface area contributed by atoms with Gasteiger partial charge in [-0.15, -0.1) is 0 Å². The fourth-order valence-corrected chi connectivity index (χ4v) is 3.16. The molecule has 21 heavy (non-hydrogen) atoms. The van der Waals surface area contributed by atoms with Crippen LogP contribution in [0.2, 0.25) is 0 Å².